The van der Waals surface area contributed by atoms with E-state index in [-0.39, 0.29) is 17.1 Å². The van der Waals surface area contributed by atoms with E-state index in [2.05, 4.69) is 65.8 Å². The van der Waals surface area contributed by atoms with Gasteiger partial charge in [-0.1, -0.05) is 56.8 Å². The summed E-state index contributed by atoms with van der Waals surface area (Å²) in [5.74, 6) is 2.64. The number of aryl methyl sites for hydroxylation is 1. The number of amides is 1. The lowest BCUT2D eigenvalue weighted by Crippen LogP contribution is -2.19. The summed E-state index contributed by atoms with van der Waals surface area (Å²) >= 11 is 1.28. The summed E-state index contributed by atoms with van der Waals surface area (Å²) in [6, 6.07) is 19.6. The van der Waals surface area contributed by atoms with Gasteiger partial charge >= 0.3 is 0 Å². The Hall–Kier alpha value is -3.85. The summed E-state index contributed by atoms with van der Waals surface area (Å²) in [5.41, 5.74) is 5.60. The van der Waals surface area contributed by atoms with E-state index >= 15 is 0 Å². The first kappa shape index (κ1) is 25.2. The summed E-state index contributed by atoms with van der Waals surface area (Å²) in [6.45, 7) is 8.39. The van der Waals surface area contributed by atoms with Crippen LogP contribution in [0.5, 0.6) is 5.75 Å². The molecule has 0 atom stereocenters. The normalized spacial score (nSPS) is 11.7. The molecule has 9 heteroatoms. The third kappa shape index (κ3) is 6.04. The summed E-state index contributed by atoms with van der Waals surface area (Å²) in [7, 11) is 1.63. The van der Waals surface area contributed by atoms with E-state index < -0.39 is 0 Å². The molecule has 0 saturated heterocycles. The first-order valence-corrected chi connectivity index (χ1v) is 12.4. The Kier molecular flexibility index (Phi) is 7.59. The molecule has 0 spiro atoms. The van der Waals surface area contributed by atoms with Crippen molar-refractivity contribution in [3.63, 3.8) is 0 Å². The molecule has 2 aromatic heterocycles. The number of thioether (sulfide) groups is 1. The van der Waals surface area contributed by atoms with Gasteiger partial charge in [0.2, 0.25) is 0 Å². The molecule has 0 aliphatic carbocycles. The van der Waals surface area contributed by atoms with E-state index in [1.807, 2.05) is 41.8 Å². The number of furan rings is 1. The molecule has 0 aliphatic rings. The van der Waals surface area contributed by atoms with E-state index in [9.17, 15) is 4.79 Å². The Morgan fingerprint density at radius 3 is 2.42 bits per heavy atom. The van der Waals surface area contributed by atoms with Gasteiger partial charge in [-0.2, -0.15) is 5.10 Å². The predicted molar refractivity (Wildman–Crippen MR) is 142 cm³/mol. The Morgan fingerprint density at radius 2 is 1.81 bits per heavy atom. The molecule has 0 radical (unpaired) electrons. The number of nitrogens with zero attached hydrogens (tertiary/aromatic N) is 4. The van der Waals surface area contributed by atoms with Crippen molar-refractivity contribution < 1.29 is 13.9 Å². The van der Waals surface area contributed by atoms with E-state index in [0.29, 0.717) is 16.7 Å². The first-order valence-electron chi connectivity index (χ1n) is 11.5. The van der Waals surface area contributed by atoms with Crippen LogP contribution in [0.1, 0.15) is 37.9 Å². The third-order valence-electron chi connectivity index (χ3n) is 5.45. The maximum Gasteiger partial charge on any atom is 0.250 e. The van der Waals surface area contributed by atoms with E-state index in [1.165, 1.54) is 23.5 Å². The number of ether oxygens (including phenoxy) is 1. The minimum atomic E-state index is -0.264. The first-order chi connectivity index (χ1) is 17.2. The highest BCUT2D eigenvalue weighted by Crippen LogP contribution is 2.30. The number of methoxy groups -OCH3 is 1. The van der Waals surface area contributed by atoms with Crippen LogP contribution in [0.25, 0.3) is 17.1 Å². The number of hydrogen-bond acceptors (Lipinski definition) is 7. The van der Waals surface area contributed by atoms with Gasteiger partial charge in [-0.05, 0) is 54.3 Å². The highest BCUT2D eigenvalue weighted by molar-refractivity contribution is 7.99. The summed E-state index contributed by atoms with van der Waals surface area (Å²) in [5, 5.41) is 13.4. The second-order valence-electron chi connectivity index (χ2n) is 9.20. The molecule has 2 aromatic carbocycles. The van der Waals surface area contributed by atoms with Gasteiger partial charge in [-0.25, -0.2) is 5.43 Å². The minimum absolute atomic E-state index is 0.0504. The lowest BCUT2D eigenvalue weighted by atomic mass is 9.87. The average molecular weight is 504 g/mol. The van der Waals surface area contributed by atoms with Crippen molar-refractivity contribution in [2.45, 2.75) is 38.3 Å². The maximum absolute atomic E-state index is 12.4. The fourth-order valence-electron chi connectivity index (χ4n) is 3.49. The number of aromatic nitrogens is 3. The van der Waals surface area contributed by atoms with Crippen LogP contribution in [0.4, 0.5) is 0 Å². The molecular formula is C27H29N5O3S. The molecule has 0 saturated carbocycles. The molecule has 1 amide bonds. The van der Waals surface area contributed by atoms with Crippen molar-refractivity contribution in [1.82, 2.24) is 20.2 Å². The molecule has 4 rings (SSSR count). The number of carbonyl (C=O) groups excluding carboxylic acids is 1. The Labute approximate surface area is 214 Å². The van der Waals surface area contributed by atoms with Crippen LogP contribution in [0.3, 0.4) is 0 Å². The molecule has 0 bridgehead atoms. The molecule has 8 nitrogen and oxygen atoms in total. The molecular weight excluding hydrogens is 474 g/mol. The van der Waals surface area contributed by atoms with Crippen LogP contribution in [0.2, 0.25) is 0 Å². The zero-order valence-electron chi connectivity index (χ0n) is 21.0. The molecule has 4 aromatic rings. The number of carbonyl (C=O) groups is 1. The second kappa shape index (κ2) is 10.8. The van der Waals surface area contributed by atoms with Crippen LogP contribution < -0.4 is 10.2 Å². The van der Waals surface area contributed by atoms with Crippen LogP contribution in [-0.4, -0.2) is 39.7 Å². The van der Waals surface area contributed by atoms with E-state index in [4.69, 9.17) is 9.15 Å². The molecule has 186 valence electrons. The molecule has 2 heterocycles. The maximum atomic E-state index is 12.4. The predicted octanol–water partition coefficient (Wildman–Crippen LogP) is 5.38. The molecule has 36 heavy (non-hydrogen) atoms. The lowest BCUT2D eigenvalue weighted by Gasteiger charge is -2.19. The largest absolute Gasteiger partial charge is 0.497 e. The Bertz CT molecular complexity index is 1350. The lowest BCUT2D eigenvalue weighted by molar-refractivity contribution is -0.118. The van der Waals surface area contributed by atoms with Gasteiger partial charge in [-0.15, -0.1) is 10.2 Å². The molecule has 0 aliphatic heterocycles. The van der Waals surface area contributed by atoms with Gasteiger partial charge in [0.1, 0.15) is 17.3 Å². The smallest absolute Gasteiger partial charge is 0.250 e. The van der Waals surface area contributed by atoms with Crippen LogP contribution in [0.15, 0.2) is 75.3 Å². The zero-order valence-corrected chi connectivity index (χ0v) is 21.8. The number of hydrogen-bond donors (Lipinski definition) is 1. The van der Waals surface area contributed by atoms with Crippen molar-refractivity contribution in [2.24, 2.45) is 5.10 Å². The molecule has 0 fully saturated rings. The van der Waals surface area contributed by atoms with E-state index in [1.54, 1.807) is 13.2 Å². The number of hydrazone groups is 1. The minimum Gasteiger partial charge on any atom is -0.497 e. The summed E-state index contributed by atoms with van der Waals surface area (Å²) in [6.07, 6.45) is 1.47. The fraction of sp³-hybridized carbons (Fsp3) is 0.259. The van der Waals surface area contributed by atoms with Gasteiger partial charge in [0.05, 0.1) is 19.1 Å². The van der Waals surface area contributed by atoms with Gasteiger partial charge in [-0.3, -0.25) is 9.36 Å². The number of nitrogens with one attached hydrogen (secondary N) is 1. The van der Waals surface area contributed by atoms with E-state index in [0.717, 1.165) is 22.8 Å². The Morgan fingerprint density at radius 1 is 1.08 bits per heavy atom. The van der Waals surface area contributed by atoms with Crippen molar-refractivity contribution in [3.05, 3.63) is 77.7 Å². The highest BCUT2D eigenvalue weighted by Gasteiger charge is 2.19. The van der Waals surface area contributed by atoms with Crippen molar-refractivity contribution in [3.8, 4) is 22.8 Å². The fourth-order valence-corrected chi connectivity index (χ4v) is 4.23. The quantitative estimate of drug-likeness (QED) is 0.197. The number of benzene rings is 2. The van der Waals surface area contributed by atoms with Crippen LogP contribution >= 0.6 is 11.8 Å². The molecule has 1 N–H and O–H groups in total. The standard InChI is InChI=1S/C27H29N5O3S/c1-18-6-13-23(35-18)16-28-29-24(33)17-36-26-31-30-25(19-7-9-20(10-8-19)27(2,3)4)32(26)21-11-14-22(34-5)15-12-21/h6-16H,17H2,1-5H3,(H,29,33). The zero-order chi connectivity index (χ0) is 25.7. The monoisotopic (exact) mass is 503 g/mol. The number of rotatable bonds is 8. The summed E-state index contributed by atoms with van der Waals surface area (Å²) < 4.78 is 12.7. The van der Waals surface area contributed by atoms with Gasteiger partial charge in [0, 0.05) is 11.3 Å². The Balaban J connectivity index is 1.56. The van der Waals surface area contributed by atoms with Crippen molar-refractivity contribution in [2.75, 3.05) is 12.9 Å². The van der Waals surface area contributed by atoms with Crippen LogP contribution in [-0.2, 0) is 10.2 Å². The molecule has 0 unspecified atom stereocenters. The van der Waals surface area contributed by atoms with Gasteiger partial charge in [0.15, 0.2) is 11.0 Å². The average Bonchev–Trinajstić information content (AvgIpc) is 3.48. The second-order valence-corrected chi connectivity index (χ2v) is 10.1. The van der Waals surface area contributed by atoms with Crippen LogP contribution in [0, 0.1) is 6.92 Å². The SMILES string of the molecule is COc1ccc(-n2c(SCC(=O)NN=Cc3ccc(C)o3)nnc2-c2ccc(C(C)(C)C)cc2)cc1. The topological polar surface area (TPSA) is 94.5 Å². The van der Waals surface area contributed by atoms with Gasteiger partial charge < -0.3 is 9.15 Å². The van der Waals surface area contributed by atoms with Gasteiger partial charge in [0.25, 0.3) is 5.91 Å². The van der Waals surface area contributed by atoms with Crippen molar-refractivity contribution >= 4 is 23.9 Å². The third-order valence-corrected chi connectivity index (χ3v) is 6.38. The highest BCUT2D eigenvalue weighted by atomic mass is 32.2. The van der Waals surface area contributed by atoms with Crippen molar-refractivity contribution in [1.29, 1.82) is 0 Å². The summed E-state index contributed by atoms with van der Waals surface area (Å²) in [4.78, 5) is 12.4.